The Morgan fingerprint density at radius 2 is 1.75 bits per heavy atom. The van der Waals surface area contributed by atoms with Crippen molar-refractivity contribution in [3.05, 3.63) is 64.2 Å². The minimum atomic E-state index is -0.0934. The number of nitrogens with two attached hydrogens (primary N) is 1. The lowest BCUT2D eigenvalue weighted by molar-refractivity contribution is 0.103. The maximum absolute atomic E-state index is 12.7. The van der Waals surface area contributed by atoms with Gasteiger partial charge in [0.05, 0.1) is 10.7 Å². The zero-order chi connectivity index (χ0) is 14.9. The summed E-state index contributed by atoms with van der Waals surface area (Å²) in [6.07, 6.45) is 0. The number of benzene rings is 2. The van der Waals surface area contributed by atoms with Crippen LogP contribution in [0.25, 0.3) is 0 Å². The quantitative estimate of drug-likeness (QED) is 0.655. The van der Waals surface area contributed by atoms with Gasteiger partial charge in [-0.3, -0.25) is 4.79 Å². The number of carbonyl (C=O) groups is 1. The molecule has 0 unspecified atom stereocenters. The third-order valence-corrected chi connectivity index (χ3v) is 3.57. The van der Waals surface area contributed by atoms with Crippen LogP contribution in [0.15, 0.2) is 42.5 Å². The summed E-state index contributed by atoms with van der Waals surface area (Å²) in [5, 5.41) is 0.407. The van der Waals surface area contributed by atoms with Crippen LogP contribution in [0, 0.1) is 0 Å². The Morgan fingerprint density at radius 1 is 1.10 bits per heavy atom. The van der Waals surface area contributed by atoms with Gasteiger partial charge >= 0.3 is 0 Å². The maximum Gasteiger partial charge on any atom is 0.193 e. The van der Waals surface area contributed by atoms with E-state index < -0.39 is 0 Å². The molecule has 0 aromatic heterocycles. The number of ketones is 1. The summed E-state index contributed by atoms with van der Waals surface area (Å²) in [7, 11) is 0. The fraction of sp³-hybridized carbons (Fsp3) is 0.235. The van der Waals surface area contributed by atoms with Gasteiger partial charge in [0.1, 0.15) is 0 Å². The summed E-state index contributed by atoms with van der Waals surface area (Å²) in [4.78, 5) is 12.7. The van der Waals surface area contributed by atoms with Crippen molar-refractivity contribution in [3.63, 3.8) is 0 Å². The molecule has 0 saturated carbocycles. The molecule has 20 heavy (non-hydrogen) atoms. The minimum Gasteiger partial charge on any atom is -0.398 e. The Balaban J connectivity index is 2.51. The second-order valence-corrected chi connectivity index (χ2v) is 6.27. The Kier molecular flexibility index (Phi) is 3.87. The molecule has 2 nitrogen and oxygen atoms in total. The van der Waals surface area contributed by atoms with E-state index >= 15 is 0 Å². The van der Waals surface area contributed by atoms with E-state index in [0.29, 0.717) is 21.8 Å². The van der Waals surface area contributed by atoms with E-state index in [9.17, 15) is 4.79 Å². The average Bonchev–Trinajstić information content (AvgIpc) is 2.40. The Labute approximate surface area is 124 Å². The van der Waals surface area contributed by atoms with Crippen LogP contribution >= 0.6 is 11.6 Å². The Morgan fingerprint density at radius 3 is 2.35 bits per heavy atom. The zero-order valence-electron chi connectivity index (χ0n) is 11.9. The van der Waals surface area contributed by atoms with Crippen LogP contribution in [0.2, 0.25) is 5.02 Å². The van der Waals surface area contributed by atoms with Gasteiger partial charge in [0, 0.05) is 11.1 Å². The first-order chi connectivity index (χ1) is 9.30. The van der Waals surface area contributed by atoms with Crippen LogP contribution in [-0.4, -0.2) is 5.78 Å². The third-order valence-electron chi connectivity index (χ3n) is 3.24. The molecule has 0 amide bonds. The second kappa shape index (κ2) is 5.29. The van der Waals surface area contributed by atoms with Crippen LogP contribution in [0.1, 0.15) is 42.3 Å². The van der Waals surface area contributed by atoms with Gasteiger partial charge in [-0.05, 0) is 29.2 Å². The molecule has 0 aliphatic rings. The molecular formula is C17H18ClNO. The van der Waals surface area contributed by atoms with Crippen molar-refractivity contribution in [1.82, 2.24) is 0 Å². The van der Waals surface area contributed by atoms with E-state index in [1.807, 2.05) is 24.3 Å². The number of halogens is 1. The van der Waals surface area contributed by atoms with E-state index in [0.717, 1.165) is 5.56 Å². The van der Waals surface area contributed by atoms with Crippen LogP contribution in [0.3, 0.4) is 0 Å². The van der Waals surface area contributed by atoms with E-state index in [4.69, 9.17) is 17.3 Å². The number of nitrogen functional groups attached to an aromatic ring is 1. The molecule has 0 saturated heterocycles. The highest BCUT2D eigenvalue weighted by molar-refractivity contribution is 6.33. The largest absolute Gasteiger partial charge is 0.398 e. The molecule has 0 radical (unpaired) electrons. The van der Waals surface area contributed by atoms with Crippen molar-refractivity contribution >= 4 is 23.1 Å². The number of rotatable bonds is 2. The summed E-state index contributed by atoms with van der Waals surface area (Å²) in [5.74, 6) is -0.0302. The van der Waals surface area contributed by atoms with Gasteiger partial charge in [0.2, 0.25) is 0 Å². The van der Waals surface area contributed by atoms with Gasteiger partial charge in [0.25, 0.3) is 0 Å². The van der Waals surface area contributed by atoms with Crippen molar-refractivity contribution in [3.8, 4) is 0 Å². The van der Waals surface area contributed by atoms with Crippen molar-refractivity contribution < 1.29 is 4.79 Å². The van der Waals surface area contributed by atoms with Crippen LogP contribution in [0.4, 0.5) is 5.69 Å². The van der Waals surface area contributed by atoms with Gasteiger partial charge in [-0.15, -0.1) is 0 Å². The highest BCUT2D eigenvalue weighted by atomic mass is 35.5. The zero-order valence-corrected chi connectivity index (χ0v) is 12.7. The Hall–Kier alpha value is -1.80. The van der Waals surface area contributed by atoms with Crippen LogP contribution < -0.4 is 5.73 Å². The smallest absolute Gasteiger partial charge is 0.193 e. The molecule has 0 fully saturated rings. The standard InChI is InChI=1S/C17H18ClNO/c1-17(2,3)13-7-5-4-6-12(13)16(20)11-8-9-15(19)14(18)10-11/h4-10H,19H2,1-3H3. The third kappa shape index (κ3) is 2.86. The van der Waals surface area contributed by atoms with E-state index in [2.05, 4.69) is 20.8 Å². The summed E-state index contributed by atoms with van der Waals surface area (Å²) >= 11 is 6.00. The van der Waals surface area contributed by atoms with Crippen molar-refractivity contribution in [1.29, 1.82) is 0 Å². The summed E-state index contributed by atoms with van der Waals surface area (Å²) in [6.45, 7) is 6.28. The molecule has 0 atom stereocenters. The first-order valence-corrected chi connectivity index (χ1v) is 6.88. The molecule has 3 heteroatoms. The van der Waals surface area contributed by atoms with Crippen LogP contribution in [-0.2, 0) is 5.41 Å². The SMILES string of the molecule is CC(C)(C)c1ccccc1C(=O)c1ccc(N)c(Cl)c1. The molecule has 2 aromatic carbocycles. The van der Waals surface area contributed by atoms with Crippen molar-refractivity contribution in [2.45, 2.75) is 26.2 Å². The van der Waals surface area contributed by atoms with Gasteiger partial charge in [0.15, 0.2) is 5.78 Å². The predicted molar refractivity (Wildman–Crippen MR) is 84.4 cm³/mol. The fourth-order valence-electron chi connectivity index (χ4n) is 2.16. The van der Waals surface area contributed by atoms with Crippen LogP contribution in [0.5, 0.6) is 0 Å². The number of carbonyl (C=O) groups excluding carboxylic acids is 1. The first kappa shape index (κ1) is 14.6. The summed E-state index contributed by atoms with van der Waals surface area (Å²) < 4.78 is 0. The maximum atomic E-state index is 12.7. The number of anilines is 1. The lowest BCUT2D eigenvalue weighted by Crippen LogP contribution is -2.17. The normalized spacial score (nSPS) is 11.4. The van der Waals surface area contributed by atoms with Gasteiger partial charge in [-0.25, -0.2) is 0 Å². The van der Waals surface area contributed by atoms with E-state index in [-0.39, 0.29) is 11.2 Å². The number of hydrogen-bond acceptors (Lipinski definition) is 2. The van der Waals surface area contributed by atoms with E-state index in [1.54, 1.807) is 18.2 Å². The molecule has 0 bridgehead atoms. The second-order valence-electron chi connectivity index (χ2n) is 5.86. The average molecular weight is 288 g/mol. The molecule has 2 rings (SSSR count). The molecule has 2 aromatic rings. The van der Waals surface area contributed by atoms with Crippen molar-refractivity contribution in [2.75, 3.05) is 5.73 Å². The summed E-state index contributed by atoms with van der Waals surface area (Å²) in [6, 6.07) is 12.7. The highest BCUT2D eigenvalue weighted by Crippen LogP contribution is 2.28. The number of hydrogen-bond donors (Lipinski definition) is 1. The van der Waals surface area contributed by atoms with Gasteiger partial charge < -0.3 is 5.73 Å². The lowest BCUT2D eigenvalue weighted by atomic mass is 9.82. The monoisotopic (exact) mass is 287 g/mol. The topological polar surface area (TPSA) is 43.1 Å². The molecule has 104 valence electrons. The molecular weight excluding hydrogens is 270 g/mol. The van der Waals surface area contributed by atoms with Crippen molar-refractivity contribution in [2.24, 2.45) is 0 Å². The van der Waals surface area contributed by atoms with Gasteiger partial charge in [-0.2, -0.15) is 0 Å². The Bertz CT molecular complexity index is 656. The minimum absolute atomic E-state index is 0.0302. The molecule has 0 heterocycles. The molecule has 2 N–H and O–H groups in total. The lowest BCUT2D eigenvalue weighted by Gasteiger charge is -2.22. The molecule has 0 aliphatic carbocycles. The van der Waals surface area contributed by atoms with E-state index in [1.165, 1.54) is 0 Å². The van der Waals surface area contributed by atoms with Gasteiger partial charge in [-0.1, -0.05) is 56.6 Å². The fourth-order valence-corrected chi connectivity index (χ4v) is 2.34. The molecule has 0 spiro atoms. The first-order valence-electron chi connectivity index (χ1n) is 6.50. The predicted octanol–water partition coefficient (Wildman–Crippen LogP) is 4.45. The highest BCUT2D eigenvalue weighted by Gasteiger charge is 2.22. The summed E-state index contributed by atoms with van der Waals surface area (Å²) in [5.41, 5.74) is 8.36. The molecule has 0 aliphatic heterocycles.